The van der Waals surface area contributed by atoms with Crippen molar-refractivity contribution < 1.29 is 9.59 Å². The van der Waals surface area contributed by atoms with Crippen LogP contribution in [0.25, 0.3) is 0 Å². The fourth-order valence-corrected chi connectivity index (χ4v) is 4.58. The number of para-hydroxylation sites is 2. The number of nitrogens with zero attached hydrogens (tertiary/aromatic N) is 4. The van der Waals surface area contributed by atoms with Gasteiger partial charge in [-0.2, -0.15) is 5.26 Å². The number of Topliss-reactive ketones (excluding diaryl/α,β-unsaturated/α-hetero) is 1. The zero-order valence-corrected chi connectivity index (χ0v) is 18.4. The molecule has 0 saturated carbocycles. The van der Waals surface area contributed by atoms with Gasteiger partial charge in [0.05, 0.1) is 11.4 Å². The van der Waals surface area contributed by atoms with Crippen LogP contribution in [0, 0.1) is 11.3 Å². The van der Waals surface area contributed by atoms with E-state index in [0.29, 0.717) is 12.4 Å². The highest BCUT2D eigenvalue weighted by molar-refractivity contribution is 9.10. The van der Waals surface area contributed by atoms with E-state index in [0.717, 1.165) is 33.5 Å². The first-order valence-corrected chi connectivity index (χ1v) is 10.5. The molecule has 152 valence electrons. The number of ketones is 1. The number of hydrogen-bond acceptors (Lipinski definition) is 5. The first-order valence-electron chi connectivity index (χ1n) is 9.75. The molecule has 0 aliphatic carbocycles. The van der Waals surface area contributed by atoms with Gasteiger partial charge in [0.25, 0.3) is 0 Å². The van der Waals surface area contributed by atoms with E-state index in [9.17, 15) is 14.9 Å². The highest BCUT2D eigenvalue weighted by atomic mass is 79.9. The molecule has 0 N–H and O–H groups in total. The van der Waals surface area contributed by atoms with Gasteiger partial charge in [0, 0.05) is 43.6 Å². The molecule has 0 atom stereocenters. The predicted molar refractivity (Wildman–Crippen MR) is 120 cm³/mol. The fraction of sp³-hybridized carbons (Fsp3) is 0.261. The largest absolute Gasteiger partial charge is 0.328 e. The number of anilines is 3. The van der Waals surface area contributed by atoms with Crippen molar-refractivity contribution in [1.82, 2.24) is 0 Å². The van der Waals surface area contributed by atoms with Crippen molar-refractivity contribution in [2.24, 2.45) is 0 Å². The third kappa shape index (κ3) is 3.37. The molecule has 1 amide bonds. The van der Waals surface area contributed by atoms with Crippen LogP contribution in [0.2, 0.25) is 0 Å². The summed E-state index contributed by atoms with van der Waals surface area (Å²) in [5, 5.41) is 9.72. The topological polar surface area (TPSA) is 67.6 Å². The number of nitriles is 1. The number of hydrogen-bond donors (Lipinski definition) is 0. The first kappa shape index (κ1) is 20.2. The normalized spacial score (nSPS) is 14.5. The predicted octanol–water partition coefficient (Wildman–Crippen LogP) is 4.01. The molecule has 4 rings (SSSR count). The second-order valence-electron chi connectivity index (χ2n) is 7.41. The van der Waals surface area contributed by atoms with Crippen LogP contribution >= 0.6 is 15.9 Å². The third-order valence-corrected chi connectivity index (χ3v) is 6.15. The first-order chi connectivity index (χ1) is 14.4. The van der Waals surface area contributed by atoms with Crippen molar-refractivity contribution in [3.05, 3.63) is 63.9 Å². The molecule has 2 aromatic rings. The van der Waals surface area contributed by atoms with Gasteiger partial charge in [0.1, 0.15) is 17.5 Å². The van der Waals surface area contributed by atoms with Crippen LogP contribution in [0.1, 0.15) is 18.4 Å². The Bertz CT molecular complexity index is 1090. The number of allylic oxidation sites excluding steroid dienone is 1. The van der Waals surface area contributed by atoms with Crippen LogP contribution in [0.15, 0.2) is 58.3 Å². The molecule has 0 fully saturated rings. The van der Waals surface area contributed by atoms with Crippen LogP contribution in [0.5, 0.6) is 0 Å². The number of rotatable bonds is 4. The molecule has 0 aromatic heterocycles. The zero-order chi connectivity index (χ0) is 21.4. The summed E-state index contributed by atoms with van der Waals surface area (Å²) in [6.45, 7) is 0.617. The van der Waals surface area contributed by atoms with E-state index >= 15 is 0 Å². The highest BCUT2D eigenvalue weighted by Crippen LogP contribution is 2.40. The van der Waals surface area contributed by atoms with Crippen LogP contribution in [0.4, 0.5) is 17.1 Å². The molecule has 0 radical (unpaired) electrons. The van der Waals surface area contributed by atoms with E-state index in [4.69, 9.17) is 0 Å². The van der Waals surface area contributed by atoms with Crippen molar-refractivity contribution in [3.63, 3.8) is 0 Å². The quantitative estimate of drug-likeness (QED) is 0.504. The Morgan fingerprint density at radius 2 is 1.70 bits per heavy atom. The summed E-state index contributed by atoms with van der Waals surface area (Å²) in [6.07, 6.45) is 0.884. The molecule has 2 aliphatic rings. The second-order valence-corrected chi connectivity index (χ2v) is 8.32. The number of benzene rings is 2. The summed E-state index contributed by atoms with van der Waals surface area (Å²) >= 11 is 3.46. The van der Waals surface area contributed by atoms with Crippen LogP contribution in [-0.4, -0.2) is 32.3 Å². The number of amides is 1. The van der Waals surface area contributed by atoms with Gasteiger partial charge in [0.2, 0.25) is 5.91 Å². The smallest absolute Gasteiger partial charge is 0.227 e. The summed E-state index contributed by atoms with van der Waals surface area (Å²) in [5.74, 6) is 0.137. The molecule has 0 spiro atoms. The Balaban J connectivity index is 1.50. The van der Waals surface area contributed by atoms with Crippen molar-refractivity contribution in [2.75, 3.05) is 35.3 Å². The van der Waals surface area contributed by atoms with E-state index in [1.165, 1.54) is 0 Å². The lowest BCUT2D eigenvalue weighted by Gasteiger charge is -2.20. The Labute approximate surface area is 184 Å². The molecule has 0 bridgehead atoms. The van der Waals surface area contributed by atoms with Gasteiger partial charge in [-0.3, -0.25) is 9.59 Å². The standard InChI is InChI=1S/C23H21BrN4O2/c1-26-19-5-3-4-6-20(19)27(2)23(26)17(14-25)21(29)9-10-22(30)28-12-11-15-13-16(24)7-8-18(15)28/h3-8,13H,9-12H2,1-2H3. The van der Waals surface area contributed by atoms with E-state index < -0.39 is 0 Å². The second kappa shape index (κ2) is 7.96. The Kier molecular flexibility index (Phi) is 5.35. The van der Waals surface area contributed by atoms with Crippen molar-refractivity contribution >= 4 is 44.7 Å². The zero-order valence-electron chi connectivity index (χ0n) is 16.9. The summed E-state index contributed by atoms with van der Waals surface area (Å²) in [5.41, 5.74) is 3.98. The average molecular weight is 465 g/mol. The molecule has 0 unspecified atom stereocenters. The Hall–Kier alpha value is -3.11. The summed E-state index contributed by atoms with van der Waals surface area (Å²) < 4.78 is 0.988. The molecule has 2 heterocycles. The number of halogens is 1. The minimum absolute atomic E-state index is 0.00557. The molecule has 2 aromatic carbocycles. The molecule has 0 saturated heterocycles. The van der Waals surface area contributed by atoms with E-state index in [-0.39, 0.29) is 30.1 Å². The Morgan fingerprint density at radius 1 is 1.03 bits per heavy atom. The SMILES string of the molecule is CN1C(=C(C#N)C(=O)CCC(=O)N2CCc3cc(Br)ccc32)N(C)c2ccccc21. The number of fused-ring (bicyclic) bond motifs is 2. The molecular weight excluding hydrogens is 444 g/mol. The average Bonchev–Trinajstić information content (AvgIpc) is 3.27. The fourth-order valence-electron chi connectivity index (χ4n) is 4.17. The molecule has 6 nitrogen and oxygen atoms in total. The lowest BCUT2D eigenvalue weighted by Crippen LogP contribution is -2.30. The van der Waals surface area contributed by atoms with Crippen LogP contribution < -0.4 is 14.7 Å². The minimum Gasteiger partial charge on any atom is -0.328 e. The molecule has 2 aliphatic heterocycles. The summed E-state index contributed by atoms with van der Waals surface area (Å²) in [4.78, 5) is 31.1. The van der Waals surface area contributed by atoms with Gasteiger partial charge >= 0.3 is 0 Å². The maximum Gasteiger partial charge on any atom is 0.227 e. The van der Waals surface area contributed by atoms with E-state index in [1.807, 2.05) is 66.4 Å². The van der Waals surface area contributed by atoms with E-state index in [1.54, 1.807) is 4.90 Å². The van der Waals surface area contributed by atoms with Crippen molar-refractivity contribution in [2.45, 2.75) is 19.3 Å². The third-order valence-electron chi connectivity index (χ3n) is 5.66. The molecule has 7 heteroatoms. The van der Waals surface area contributed by atoms with Gasteiger partial charge in [-0.05, 0) is 42.3 Å². The lowest BCUT2D eigenvalue weighted by atomic mass is 10.1. The highest BCUT2D eigenvalue weighted by Gasteiger charge is 2.32. The van der Waals surface area contributed by atoms with Gasteiger partial charge in [0.15, 0.2) is 5.78 Å². The summed E-state index contributed by atoms with van der Waals surface area (Å²) in [6, 6.07) is 15.7. The molecular formula is C23H21BrN4O2. The summed E-state index contributed by atoms with van der Waals surface area (Å²) in [7, 11) is 3.68. The minimum atomic E-state index is -0.317. The lowest BCUT2D eigenvalue weighted by molar-refractivity contribution is -0.122. The van der Waals surface area contributed by atoms with Crippen molar-refractivity contribution in [1.29, 1.82) is 5.26 Å². The molecule has 30 heavy (non-hydrogen) atoms. The Morgan fingerprint density at radius 3 is 2.33 bits per heavy atom. The van der Waals surface area contributed by atoms with Gasteiger partial charge in [-0.15, -0.1) is 0 Å². The van der Waals surface area contributed by atoms with Gasteiger partial charge < -0.3 is 14.7 Å². The van der Waals surface area contributed by atoms with Crippen molar-refractivity contribution in [3.8, 4) is 6.07 Å². The van der Waals surface area contributed by atoms with Gasteiger partial charge in [-0.25, -0.2) is 0 Å². The van der Waals surface area contributed by atoms with Crippen LogP contribution in [-0.2, 0) is 16.0 Å². The van der Waals surface area contributed by atoms with E-state index in [2.05, 4.69) is 22.0 Å². The maximum absolute atomic E-state index is 12.9. The van der Waals surface area contributed by atoms with Crippen LogP contribution in [0.3, 0.4) is 0 Å². The maximum atomic E-state index is 12.9. The van der Waals surface area contributed by atoms with Gasteiger partial charge in [-0.1, -0.05) is 28.1 Å². The monoisotopic (exact) mass is 464 g/mol. The number of carbonyl (C=O) groups excluding carboxylic acids is 2. The number of carbonyl (C=O) groups is 2.